The molecule has 0 saturated carbocycles. The van der Waals surface area contributed by atoms with Gasteiger partial charge in [0.25, 0.3) is 0 Å². The molecule has 3 heteroatoms. The molecule has 1 heterocycles. The molecule has 1 saturated heterocycles. The molecule has 0 atom stereocenters. The van der Waals surface area contributed by atoms with E-state index in [1.54, 1.807) is 0 Å². The molecule has 1 fully saturated rings. The van der Waals surface area contributed by atoms with Crippen LogP contribution in [0, 0.1) is 20.8 Å². The Morgan fingerprint density at radius 2 is 1.55 bits per heavy atom. The van der Waals surface area contributed by atoms with Crippen molar-refractivity contribution in [3.63, 3.8) is 0 Å². The quantitative estimate of drug-likeness (QED) is 0.747. The van der Waals surface area contributed by atoms with Crippen molar-refractivity contribution in [1.29, 1.82) is 0 Å². The van der Waals surface area contributed by atoms with Gasteiger partial charge in [-0.05, 0) is 0 Å². The van der Waals surface area contributed by atoms with Gasteiger partial charge in [0.15, 0.2) is 0 Å². The van der Waals surface area contributed by atoms with Crippen LogP contribution in [0.15, 0.2) is 30.3 Å². The zero-order valence-corrected chi connectivity index (χ0v) is 14.9. The molecular weight excluding hydrogens is 357 g/mol. The van der Waals surface area contributed by atoms with Gasteiger partial charge in [-0.1, -0.05) is 0 Å². The van der Waals surface area contributed by atoms with Gasteiger partial charge >= 0.3 is 141 Å². The van der Waals surface area contributed by atoms with E-state index in [2.05, 4.69) is 79.6 Å². The molecule has 2 N–H and O–H groups in total. The Morgan fingerprint density at radius 1 is 0.955 bits per heavy atom. The predicted octanol–water partition coefficient (Wildman–Crippen LogP) is 2.71. The second-order valence-corrected chi connectivity index (χ2v) is 7.28. The van der Waals surface area contributed by atoms with Gasteiger partial charge in [-0.3, -0.25) is 0 Å². The molecule has 2 aliphatic rings. The summed E-state index contributed by atoms with van der Waals surface area (Å²) in [5.74, 6) is 0. The van der Waals surface area contributed by atoms with Gasteiger partial charge in [0, 0.05) is 0 Å². The number of hydrogen-bond donors (Lipinski definition) is 2. The molecule has 0 bridgehead atoms. The second kappa shape index (κ2) is 4.92. The van der Waals surface area contributed by atoms with Gasteiger partial charge in [0.05, 0.1) is 0 Å². The molecule has 0 aromatic heterocycles. The third-order valence-electron chi connectivity index (χ3n) is 4.84. The van der Waals surface area contributed by atoms with Crippen molar-refractivity contribution in [2.75, 3.05) is 13.1 Å². The predicted molar refractivity (Wildman–Crippen MR) is 87.9 cm³/mol. The Kier molecular flexibility index (Phi) is 3.23. The summed E-state index contributed by atoms with van der Waals surface area (Å²) in [5.41, 5.74) is 9.45. The summed E-state index contributed by atoms with van der Waals surface area (Å²) in [4.78, 5) is 0. The van der Waals surface area contributed by atoms with Crippen molar-refractivity contribution in [3.8, 4) is 11.1 Å². The molecule has 22 heavy (non-hydrogen) atoms. The van der Waals surface area contributed by atoms with Crippen LogP contribution in [0.25, 0.3) is 11.1 Å². The Labute approximate surface area is 141 Å². The first-order valence-electron chi connectivity index (χ1n) is 7.78. The zero-order chi connectivity index (χ0) is 15.5. The van der Waals surface area contributed by atoms with Crippen molar-refractivity contribution < 1.29 is 17.9 Å². The Morgan fingerprint density at radius 3 is 2.18 bits per heavy atom. The molecular formula is C19H20N2Ru. The van der Waals surface area contributed by atoms with Gasteiger partial charge in [-0.2, -0.15) is 0 Å². The molecule has 0 amide bonds. The molecule has 4 rings (SSSR count). The van der Waals surface area contributed by atoms with Gasteiger partial charge < -0.3 is 0 Å². The summed E-state index contributed by atoms with van der Waals surface area (Å²) in [6, 6.07) is 11.3. The maximum absolute atomic E-state index is 3.67. The van der Waals surface area contributed by atoms with E-state index in [-0.39, 0.29) is 5.66 Å². The van der Waals surface area contributed by atoms with Crippen molar-refractivity contribution in [3.05, 3.63) is 58.1 Å². The molecule has 2 aromatic carbocycles. The van der Waals surface area contributed by atoms with Crippen molar-refractivity contribution in [1.82, 2.24) is 10.6 Å². The normalized spacial score (nSPS) is 18.5. The summed E-state index contributed by atoms with van der Waals surface area (Å²) in [5, 5.41) is 7.34. The van der Waals surface area contributed by atoms with E-state index in [0.717, 1.165) is 13.1 Å². The summed E-state index contributed by atoms with van der Waals surface area (Å²) >= 11 is 2.82. The van der Waals surface area contributed by atoms with Gasteiger partial charge in [0.2, 0.25) is 0 Å². The van der Waals surface area contributed by atoms with Gasteiger partial charge in [-0.15, -0.1) is 0 Å². The monoisotopic (exact) mass is 378 g/mol. The van der Waals surface area contributed by atoms with Crippen LogP contribution in [0.2, 0.25) is 0 Å². The fraction of sp³-hybridized carbons (Fsp3) is 0.316. The molecule has 2 nitrogen and oxygen atoms in total. The van der Waals surface area contributed by atoms with Crippen LogP contribution in [0.5, 0.6) is 0 Å². The minimum atomic E-state index is -0.133. The van der Waals surface area contributed by atoms with Crippen LogP contribution in [-0.4, -0.2) is 17.2 Å². The number of benzene rings is 2. The van der Waals surface area contributed by atoms with Crippen molar-refractivity contribution >= 4 is 4.11 Å². The topological polar surface area (TPSA) is 24.1 Å². The van der Waals surface area contributed by atoms with E-state index >= 15 is 0 Å². The summed E-state index contributed by atoms with van der Waals surface area (Å²) in [6.45, 7) is 8.65. The number of aryl methyl sites for hydroxylation is 3. The van der Waals surface area contributed by atoms with Gasteiger partial charge in [-0.25, -0.2) is 0 Å². The van der Waals surface area contributed by atoms with Gasteiger partial charge in [0.1, 0.15) is 0 Å². The van der Waals surface area contributed by atoms with Crippen molar-refractivity contribution in [2.24, 2.45) is 0 Å². The summed E-state index contributed by atoms with van der Waals surface area (Å²) < 4.78 is 1.35. The average molecular weight is 377 g/mol. The van der Waals surface area contributed by atoms with Crippen molar-refractivity contribution in [2.45, 2.75) is 26.4 Å². The fourth-order valence-electron chi connectivity index (χ4n) is 4.08. The number of rotatable bonds is 1. The Hall–Kier alpha value is -1.15. The molecule has 1 spiro atoms. The van der Waals surface area contributed by atoms with Crippen LogP contribution in [0.4, 0.5) is 0 Å². The molecule has 1 aliphatic heterocycles. The summed E-state index contributed by atoms with van der Waals surface area (Å²) in [6.07, 6.45) is 0. The van der Waals surface area contributed by atoms with E-state index in [4.69, 9.17) is 0 Å². The third-order valence-corrected chi connectivity index (χ3v) is 5.96. The van der Waals surface area contributed by atoms with E-state index in [9.17, 15) is 0 Å². The van der Waals surface area contributed by atoms with E-state index in [1.807, 2.05) is 0 Å². The number of hydrogen-bond acceptors (Lipinski definition) is 2. The average Bonchev–Trinajstić information content (AvgIpc) is 2.97. The van der Waals surface area contributed by atoms with E-state index < -0.39 is 0 Å². The molecule has 2 aromatic rings. The standard InChI is InChI=1S/C19H20N2.Ru/c1-12-9-13(2)17(14(3)10-12)16-6-4-5-15-11-19(18(15)16)20-7-8-21-19;/h4-6,9-10,20-21H,7-8H2,1-3H3;. The van der Waals surface area contributed by atoms with Crippen LogP contribution in [0.1, 0.15) is 27.8 Å². The zero-order valence-electron chi connectivity index (χ0n) is 13.2. The van der Waals surface area contributed by atoms with Crippen LogP contribution >= 0.6 is 0 Å². The fourth-order valence-corrected chi connectivity index (χ4v) is 4.97. The SMILES string of the molecule is Cc1cc(C)c(-c2cccc3c2C2(NCCN2)[C]3=[Ru])c(C)c1. The molecule has 0 unspecified atom stereocenters. The first-order chi connectivity index (χ1) is 10.5. The first-order valence-corrected chi connectivity index (χ1v) is 8.65. The minimum absolute atomic E-state index is 0.133. The van der Waals surface area contributed by atoms with E-state index in [1.165, 1.54) is 43.1 Å². The number of fused-ring (bicyclic) bond motifs is 2. The van der Waals surface area contributed by atoms with Crippen LogP contribution < -0.4 is 10.6 Å². The van der Waals surface area contributed by atoms with Crippen LogP contribution in [-0.2, 0) is 23.5 Å². The third kappa shape index (κ3) is 1.80. The second-order valence-electron chi connectivity index (χ2n) is 6.41. The first kappa shape index (κ1) is 14.4. The van der Waals surface area contributed by atoms with Crippen LogP contribution in [0.3, 0.4) is 0 Å². The summed E-state index contributed by atoms with van der Waals surface area (Å²) in [7, 11) is 0. The maximum atomic E-state index is 3.67. The van der Waals surface area contributed by atoms with E-state index in [0.29, 0.717) is 0 Å². The molecule has 0 radical (unpaired) electrons. The molecule has 114 valence electrons. The molecule has 1 aliphatic carbocycles. The number of nitrogens with one attached hydrogen (secondary N) is 2. The Balaban J connectivity index is 1.99. The Bertz CT molecular complexity index is 778.